The van der Waals surface area contributed by atoms with E-state index in [1.54, 1.807) is 0 Å². The number of rotatable bonds is 3. The molecule has 0 aliphatic heterocycles. The first-order valence-electron chi connectivity index (χ1n) is 28.1. The van der Waals surface area contributed by atoms with E-state index in [4.69, 9.17) is 21.9 Å². The van der Waals surface area contributed by atoms with Gasteiger partial charge in [-0.05, 0) is 121 Å². The highest BCUT2D eigenvalue weighted by molar-refractivity contribution is 6.27. The van der Waals surface area contributed by atoms with Crippen molar-refractivity contribution in [3.05, 3.63) is 169 Å². The SMILES string of the molecule is [2H]c1c([2H])c(-c2c([2H])c([2H])c3c([2H])c([2H])c4c([2H])c([2H])c([2H])c5c([2H])c([2H])c2c3c45)c([2H])c([2H])c1-c1c([2H])c(-c2cc([2H])c3c([2H])c([2H])c4c([2H])c([2H])c([2H])c5c([2H])c([2H])c2c3c45)c2c([2H])c([2H])c([2H])c([2H])c2c1[2H]. The Morgan fingerprint density at radius 3 is 1.44 bits per heavy atom. The summed E-state index contributed by atoms with van der Waals surface area (Å²) in [5, 5.41) is -5.34. The van der Waals surface area contributed by atoms with Gasteiger partial charge in [0.2, 0.25) is 0 Å². The summed E-state index contributed by atoms with van der Waals surface area (Å²) in [5.74, 6) is 0. The number of hydrogen-bond donors (Lipinski definition) is 0. The monoisotopic (exact) mass is 631 g/mol. The second-order valence-corrected chi connectivity index (χ2v) is 11.1. The summed E-state index contributed by atoms with van der Waals surface area (Å²) in [6, 6.07) is -20.6. The molecule has 0 spiro atoms. The Morgan fingerprint density at radius 2 is 0.771 bits per heavy atom. The van der Waals surface area contributed by atoms with E-state index >= 15 is 0 Å². The molecule has 0 aromatic heterocycles. The highest BCUT2D eigenvalue weighted by atomic mass is 14.2. The zero-order valence-electron chi connectivity index (χ0n) is 51.1. The molecule has 0 heteroatoms. The highest BCUT2D eigenvalue weighted by Crippen LogP contribution is 2.43. The van der Waals surface area contributed by atoms with Crippen molar-refractivity contribution in [2.45, 2.75) is 0 Å². The summed E-state index contributed by atoms with van der Waals surface area (Å²) in [6.45, 7) is 0. The molecule has 0 amide bonds. The molecule has 0 N–H and O–H groups in total. The lowest BCUT2D eigenvalue weighted by molar-refractivity contribution is 1.62. The molecule has 11 rings (SSSR count). The van der Waals surface area contributed by atoms with E-state index in [1.807, 2.05) is 0 Å². The third kappa shape index (κ3) is 3.60. The predicted molar refractivity (Wildman–Crippen MR) is 208 cm³/mol. The van der Waals surface area contributed by atoms with Crippen LogP contribution in [0.4, 0.5) is 0 Å². The van der Waals surface area contributed by atoms with Gasteiger partial charge in [-0.1, -0.05) is 157 Å². The standard InChI is InChI=1S/C48H28/c1-2-10-39-37(5-1)27-38(28-44(39)41-24-20-36-18-16-32-7-4-9-34-22-26-43(41)48(36)46(32)34)29-11-13-30(14-12-29)40-23-19-35-17-15-31-6-3-8-33-21-25-42(40)47(35)45(31)33/h1-28H/i1D,2D,3D,4D,5D,6D,7D,8D,9D,10D,11D,12D,13D,14D,15D,16D,17D,18D,19D,20D,21D,22D,23D,25D,26D,27D,28D. The summed E-state index contributed by atoms with van der Waals surface area (Å²) in [5.41, 5.74) is -4.04. The molecule has 0 aliphatic carbocycles. The average Bonchev–Trinajstić information content (AvgIpc) is 3.36. The lowest BCUT2D eigenvalue weighted by atomic mass is 9.87. The minimum Gasteiger partial charge on any atom is -0.0616 e. The Balaban J connectivity index is 1.32. The summed E-state index contributed by atoms with van der Waals surface area (Å²) in [4.78, 5) is 0. The maximum absolute atomic E-state index is 9.96. The number of benzene rings is 11. The molecule has 11 aromatic carbocycles. The Bertz CT molecular complexity index is 4520. The predicted octanol–water partition coefficient (Wildman–Crippen LogP) is 13.6. The second kappa shape index (κ2) is 9.64. The molecule has 0 atom stereocenters. The topological polar surface area (TPSA) is 0 Å². The molecule has 0 saturated carbocycles. The molecule has 220 valence electrons. The minimum absolute atomic E-state index is 0.223. The molecular weight excluding hydrogens is 577 g/mol. The smallest absolute Gasteiger partial charge is 0.0616 e. The molecule has 11 aromatic rings. The molecule has 0 radical (unpaired) electrons. The summed E-state index contributed by atoms with van der Waals surface area (Å²) in [6.07, 6.45) is 0. The van der Waals surface area contributed by atoms with E-state index < -0.39 is 218 Å². The Hall–Kier alpha value is -6.24. The maximum atomic E-state index is 9.96. The normalized spacial score (nSPS) is 20.0. The molecular formula is C48H28. The molecule has 0 aliphatic rings. The van der Waals surface area contributed by atoms with Crippen molar-refractivity contribution in [1.82, 2.24) is 0 Å². The van der Waals surface area contributed by atoms with Crippen LogP contribution in [0, 0.1) is 0 Å². The van der Waals surface area contributed by atoms with Crippen LogP contribution in [0.1, 0.15) is 37.0 Å². The molecule has 0 saturated heterocycles. The van der Waals surface area contributed by atoms with Crippen LogP contribution >= 0.6 is 0 Å². The lowest BCUT2D eigenvalue weighted by Gasteiger charge is -2.17. The average molecular weight is 632 g/mol. The van der Waals surface area contributed by atoms with Crippen LogP contribution in [-0.2, 0) is 0 Å². The van der Waals surface area contributed by atoms with E-state index in [1.165, 1.54) is 0 Å². The molecule has 0 unspecified atom stereocenters. The van der Waals surface area contributed by atoms with Crippen LogP contribution in [0.25, 0.3) is 109 Å². The fourth-order valence-corrected chi connectivity index (χ4v) is 6.39. The van der Waals surface area contributed by atoms with Crippen molar-refractivity contribution in [2.75, 3.05) is 0 Å². The summed E-state index contributed by atoms with van der Waals surface area (Å²) >= 11 is 0. The first-order chi connectivity index (χ1) is 35.1. The molecule has 0 heterocycles. The quantitative estimate of drug-likeness (QED) is 0.170. The Kier molecular flexibility index (Phi) is 2.25. The van der Waals surface area contributed by atoms with Gasteiger partial charge in [0.05, 0.1) is 37.0 Å². The molecule has 0 bridgehead atoms. The van der Waals surface area contributed by atoms with Crippen LogP contribution in [0.5, 0.6) is 0 Å². The third-order valence-electron chi connectivity index (χ3n) is 8.52. The number of hydrogen-bond acceptors (Lipinski definition) is 0. The van der Waals surface area contributed by atoms with Gasteiger partial charge in [0, 0.05) is 0 Å². The van der Waals surface area contributed by atoms with Gasteiger partial charge in [-0.3, -0.25) is 0 Å². The third-order valence-corrected chi connectivity index (χ3v) is 8.52. The zero-order chi connectivity index (χ0) is 54.8. The maximum Gasteiger partial charge on any atom is 0.0636 e. The fourth-order valence-electron chi connectivity index (χ4n) is 6.39. The molecule has 48 heavy (non-hydrogen) atoms. The van der Waals surface area contributed by atoms with Crippen LogP contribution in [-0.4, -0.2) is 0 Å². The minimum atomic E-state index is -1.05. The summed E-state index contributed by atoms with van der Waals surface area (Å²) < 4.78 is 245. The second-order valence-electron chi connectivity index (χ2n) is 11.1. The first-order valence-corrected chi connectivity index (χ1v) is 14.6. The zero-order valence-corrected chi connectivity index (χ0v) is 24.1. The van der Waals surface area contributed by atoms with E-state index in [2.05, 4.69) is 0 Å². The highest BCUT2D eigenvalue weighted by Gasteiger charge is 2.16. The van der Waals surface area contributed by atoms with Crippen molar-refractivity contribution < 1.29 is 37.0 Å². The fraction of sp³-hybridized carbons (Fsp3) is 0. The lowest BCUT2D eigenvalue weighted by Crippen LogP contribution is -1.90. The van der Waals surface area contributed by atoms with Gasteiger partial charge in [-0.2, -0.15) is 0 Å². The van der Waals surface area contributed by atoms with Crippen molar-refractivity contribution >= 4 is 75.4 Å². The van der Waals surface area contributed by atoms with Gasteiger partial charge in [0.25, 0.3) is 0 Å². The number of fused-ring (bicyclic) bond motifs is 1. The van der Waals surface area contributed by atoms with Crippen LogP contribution in [0.2, 0.25) is 0 Å². The van der Waals surface area contributed by atoms with Crippen molar-refractivity contribution in [3.63, 3.8) is 0 Å². The molecule has 0 fully saturated rings. The molecule has 0 nitrogen and oxygen atoms in total. The van der Waals surface area contributed by atoms with Crippen LogP contribution in [0.3, 0.4) is 0 Å². The van der Waals surface area contributed by atoms with Crippen molar-refractivity contribution in [2.24, 2.45) is 0 Å². The first kappa shape index (κ1) is 11.2. The van der Waals surface area contributed by atoms with Crippen LogP contribution < -0.4 is 0 Å². The van der Waals surface area contributed by atoms with Crippen LogP contribution in [0.15, 0.2) is 169 Å². The summed E-state index contributed by atoms with van der Waals surface area (Å²) in [7, 11) is 0. The van der Waals surface area contributed by atoms with E-state index in [9.17, 15) is 15.1 Å². The van der Waals surface area contributed by atoms with Gasteiger partial charge in [0.15, 0.2) is 0 Å². The van der Waals surface area contributed by atoms with Gasteiger partial charge in [0.1, 0.15) is 0 Å². The van der Waals surface area contributed by atoms with Gasteiger partial charge < -0.3 is 0 Å². The van der Waals surface area contributed by atoms with E-state index in [-0.39, 0.29) is 53.9 Å². The van der Waals surface area contributed by atoms with E-state index in [0.29, 0.717) is 0 Å². The Labute approximate surface area is 315 Å². The Morgan fingerprint density at radius 1 is 0.271 bits per heavy atom. The largest absolute Gasteiger partial charge is 0.0636 e. The van der Waals surface area contributed by atoms with Crippen molar-refractivity contribution in [1.29, 1.82) is 0 Å². The van der Waals surface area contributed by atoms with Gasteiger partial charge in [-0.25, -0.2) is 0 Å². The van der Waals surface area contributed by atoms with Gasteiger partial charge in [-0.15, -0.1) is 0 Å². The van der Waals surface area contributed by atoms with Crippen molar-refractivity contribution in [3.8, 4) is 33.4 Å². The van der Waals surface area contributed by atoms with E-state index in [0.717, 1.165) is 6.07 Å². The van der Waals surface area contributed by atoms with Gasteiger partial charge >= 0.3 is 0 Å².